The molecule has 10 heteroatoms. The molecule has 0 aliphatic carbocycles. The van der Waals surface area contributed by atoms with E-state index in [1.165, 1.54) is 12.1 Å². The number of alkyl halides is 3. The zero-order chi connectivity index (χ0) is 21.7. The Balaban J connectivity index is 1.56. The maximum absolute atomic E-state index is 12.3. The molecule has 0 bridgehead atoms. The second kappa shape index (κ2) is 9.21. The fourth-order valence-corrected chi connectivity index (χ4v) is 3.49. The van der Waals surface area contributed by atoms with Gasteiger partial charge in [-0.25, -0.2) is 0 Å². The van der Waals surface area contributed by atoms with Crippen molar-refractivity contribution < 1.29 is 27.5 Å². The molecule has 0 unspecified atom stereocenters. The molecule has 1 aromatic carbocycles. The molecule has 0 radical (unpaired) electrons. The number of likely N-dealkylation sites (tertiary alicyclic amines) is 1. The van der Waals surface area contributed by atoms with Gasteiger partial charge in [0.25, 0.3) is 0 Å². The second-order valence-electron chi connectivity index (χ2n) is 7.04. The third kappa shape index (κ3) is 5.76. The summed E-state index contributed by atoms with van der Waals surface area (Å²) < 4.78 is 42.3. The van der Waals surface area contributed by atoms with E-state index in [1.54, 1.807) is 0 Å². The summed E-state index contributed by atoms with van der Waals surface area (Å²) in [7, 11) is 1.93. The zero-order valence-corrected chi connectivity index (χ0v) is 16.4. The van der Waals surface area contributed by atoms with Crippen LogP contribution in [0.25, 0.3) is 0 Å². The van der Waals surface area contributed by atoms with E-state index in [-0.39, 0.29) is 18.3 Å². The maximum Gasteiger partial charge on any atom is 0.573 e. The molecule has 1 aromatic heterocycles. The van der Waals surface area contributed by atoms with Crippen LogP contribution in [0.2, 0.25) is 0 Å². The standard InChI is InChI=1S/C20H23F3N4O3/c1-26-10-4-5-16(26)17(27-11-2-3-12-27)13-24-18(28)19(29)25-14-6-8-15(9-7-14)30-20(21,22)23/h4-10,17H,2-3,11-13H2,1H3,(H,24,28)(H,25,29)/t17-/m1/s1. The number of rotatable bonds is 6. The number of nitrogens with zero attached hydrogens (tertiary/aromatic N) is 2. The summed E-state index contributed by atoms with van der Waals surface area (Å²) in [5.74, 6) is -2.13. The average Bonchev–Trinajstić information content (AvgIpc) is 3.35. The summed E-state index contributed by atoms with van der Waals surface area (Å²) in [5.41, 5.74) is 1.22. The summed E-state index contributed by atoms with van der Waals surface area (Å²) in [5, 5.41) is 5.02. The molecule has 7 nitrogen and oxygen atoms in total. The Bertz CT molecular complexity index is 874. The number of nitrogens with one attached hydrogen (secondary N) is 2. The lowest BCUT2D eigenvalue weighted by Gasteiger charge is -2.28. The molecular weight excluding hydrogens is 401 g/mol. The fourth-order valence-electron chi connectivity index (χ4n) is 3.49. The SMILES string of the molecule is Cn1cccc1[C@@H](CNC(=O)C(=O)Nc1ccc(OC(F)(F)F)cc1)N1CCCC1. The van der Waals surface area contributed by atoms with Crippen molar-refractivity contribution in [3.63, 3.8) is 0 Å². The van der Waals surface area contributed by atoms with Crippen molar-refractivity contribution in [2.45, 2.75) is 25.2 Å². The summed E-state index contributed by atoms with van der Waals surface area (Å²) >= 11 is 0. The molecule has 1 aliphatic rings. The summed E-state index contributed by atoms with van der Waals surface area (Å²) in [6.07, 6.45) is -0.694. The van der Waals surface area contributed by atoms with Crippen LogP contribution in [0.15, 0.2) is 42.6 Å². The number of carbonyl (C=O) groups excluding carboxylic acids is 2. The van der Waals surface area contributed by atoms with Crippen molar-refractivity contribution in [2.24, 2.45) is 7.05 Å². The van der Waals surface area contributed by atoms with Crippen molar-refractivity contribution in [3.05, 3.63) is 48.3 Å². The first kappa shape index (κ1) is 21.7. The minimum Gasteiger partial charge on any atom is -0.406 e. The van der Waals surface area contributed by atoms with Gasteiger partial charge in [-0.1, -0.05) is 0 Å². The zero-order valence-electron chi connectivity index (χ0n) is 16.4. The predicted molar refractivity (Wildman–Crippen MR) is 104 cm³/mol. The first-order valence-corrected chi connectivity index (χ1v) is 9.53. The number of hydrogen-bond donors (Lipinski definition) is 2. The molecule has 3 rings (SSSR count). The Morgan fingerprint density at radius 3 is 2.33 bits per heavy atom. The summed E-state index contributed by atoms with van der Waals surface area (Å²) in [6, 6.07) is 8.42. The van der Waals surface area contributed by atoms with Crippen molar-refractivity contribution in [1.29, 1.82) is 0 Å². The molecule has 2 heterocycles. The molecule has 1 aliphatic heterocycles. The monoisotopic (exact) mass is 424 g/mol. The van der Waals surface area contributed by atoms with Gasteiger partial charge in [0.05, 0.1) is 6.04 Å². The molecule has 1 atom stereocenters. The Hall–Kier alpha value is -3.01. The van der Waals surface area contributed by atoms with Gasteiger partial charge in [0.1, 0.15) is 5.75 Å². The number of carbonyl (C=O) groups is 2. The molecule has 2 N–H and O–H groups in total. The smallest absolute Gasteiger partial charge is 0.406 e. The van der Waals surface area contributed by atoms with Gasteiger partial charge in [-0.15, -0.1) is 13.2 Å². The average molecular weight is 424 g/mol. The summed E-state index contributed by atoms with van der Waals surface area (Å²) in [4.78, 5) is 26.7. The third-order valence-electron chi connectivity index (χ3n) is 4.91. The lowest BCUT2D eigenvalue weighted by molar-refractivity contribution is -0.274. The van der Waals surface area contributed by atoms with Crippen molar-refractivity contribution in [1.82, 2.24) is 14.8 Å². The number of halogens is 3. The van der Waals surface area contributed by atoms with Crippen molar-refractivity contribution in [3.8, 4) is 5.75 Å². The quantitative estimate of drug-likeness (QED) is 0.700. The van der Waals surface area contributed by atoms with Crippen LogP contribution in [-0.4, -0.2) is 47.3 Å². The van der Waals surface area contributed by atoms with Crippen LogP contribution in [0.5, 0.6) is 5.75 Å². The van der Waals surface area contributed by atoms with Crippen molar-refractivity contribution in [2.75, 3.05) is 25.0 Å². The maximum atomic E-state index is 12.3. The van der Waals surface area contributed by atoms with E-state index in [2.05, 4.69) is 20.3 Å². The van der Waals surface area contributed by atoms with Crippen LogP contribution in [0.4, 0.5) is 18.9 Å². The minimum atomic E-state index is -4.80. The molecule has 0 saturated carbocycles. The Morgan fingerprint density at radius 2 is 1.77 bits per heavy atom. The van der Waals surface area contributed by atoms with E-state index in [1.807, 2.05) is 29.9 Å². The summed E-state index contributed by atoms with van der Waals surface area (Å²) in [6.45, 7) is 2.11. The number of aryl methyl sites for hydroxylation is 1. The van der Waals surface area contributed by atoms with Crippen LogP contribution in [0.3, 0.4) is 0 Å². The number of hydrogen-bond acceptors (Lipinski definition) is 4. The minimum absolute atomic E-state index is 0.0527. The van der Waals surface area contributed by atoms with Gasteiger partial charge in [-0.2, -0.15) is 0 Å². The van der Waals surface area contributed by atoms with E-state index in [0.717, 1.165) is 43.8 Å². The Labute approximate surface area is 171 Å². The first-order valence-electron chi connectivity index (χ1n) is 9.53. The van der Waals surface area contributed by atoms with E-state index in [9.17, 15) is 22.8 Å². The molecule has 2 amide bonds. The van der Waals surface area contributed by atoms with Crippen LogP contribution in [0.1, 0.15) is 24.6 Å². The van der Waals surface area contributed by atoms with Crippen LogP contribution in [-0.2, 0) is 16.6 Å². The Morgan fingerprint density at radius 1 is 1.10 bits per heavy atom. The molecule has 30 heavy (non-hydrogen) atoms. The van der Waals surface area contributed by atoms with Gasteiger partial charge in [-0.3, -0.25) is 14.5 Å². The molecule has 0 spiro atoms. The van der Waals surface area contributed by atoms with E-state index < -0.39 is 23.9 Å². The van der Waals surface area contributed by atoms with E-state index in [0.29, 0.717) is 0 Å². The number of ether oxygens (including phenoxy) is 1. The number of anilines is 1. The number of aromatic nitrogens is 1. The second-order valence-corrected chi connectivity index (χ2v) is 7.04. The van der Waals surface area contributed by atoms with Gasteiger partial charge in [-0.05, 0) is 62.3 Å². The van der Waals surface area contributed by atoms with Crippen LogP contribution < -0.4 is 15.4 Å². The molecule has 162 valence electrons. The molecule has 2 aromatic rings. The normalized spacial score (nSPS) is 15.6. The number of amides is 2. The lowest BCUT2D eigenvalue weighted by Crippen LogP contribution is -2.41. The largest absolute Gasteiger partial charge is 0.573 e. The highest BCUT2D eigenvalue weighted by molar-refractivity contribution is 6.39. The van der Waals surface area contributed by atoms with Gasteiger partial charge in [0, 0.05) is 31.2 Å². The van der Waals surface area contributed by atoms with Crippen molar-refractivity contribution >= 4 is 17.5 Å². The molecule has 1 fully saturated rings. The number of benzene rings is 1. The topological polar surface area (TPSA) is 75.6 Å². The van der Waals surface area contributed by atoms with E-state index in [4.69, 9.17) is 0 Å². The van der Waals surface area contributed by atoms with E-state index >= 15 is 0 Å². The molecular formula is C20H23F3N4O3. The molecule has 1 saturated heterocycles. The van der Waals surface area contributed by atoms with Gasteiger partial charge < -0.3 is 19.9 Å². The van der Waals surface area contributed by atoms with Crippen LogP contribution in [0, 0.1) is 0 Å². The van der Waals surface area contributed by atoms with Gasteiger partial charge >= 0.3 is 18.2 Å². The van der Waals surface area contributed by atoms with Crippen LogP contribution >= 0.6 is 0 Å². The van der Waals surface area contributed by atoms with Gasteiger partial charge in [0.15, 0.2) is 0 Å². The highest BCUT2D eigenvalue weighted by Crippen LogP contribution is 2.25. The first-order chi connectivity index (χ1) is 14.2. The fraction of sp³-hybridized carbons (Fsp3) is 0.400. The lowest BCUT2D eigenvalue weighted by atomic mass is 10.1. The van der Waals surface area contributed by atoms with Gasteiger partial charge in [0.2, 0.25) is 0 Å². The predicted octanol–water partition coefficient (Wildman–Crippen LogP) is 2.82. The highest BCUT2D eigenvalue weighted by atomic mass is 19.4. The highest BCUT2D eigenvalue weighted by Gasteiger charge is 2.31. The Kier molecular flexibility index (Phi) is 6.66. The third-order valence-corrected chi connectivity index (χ3v) is 4.91.